The second kappa shape index (κ2) is 9.15. The summed E-state index contributed by atoms with van der Waals surface area (Å²) in [6.07, 6.45) is -0.445. The van der Waals surface area contributed by atoms with Crippen LogP contribution in [0.15, 0.2) is 59.5 Å². The number of amides is 1. The van der Waals surface area contributed by atoms with E-state index in [-0.39, 0.29) is 4.90 Å². The predicted molar refractivity (Wildman–Crippen MR) is 98.6 cm³/mol. The Kier molecular flexibility index (Phi) is 6.91. The molecule has 0 saturated carbocycles. The molecule has 27 heavy (non-hydrogen) atoms. The van der Waals surface area contributed by atoms with Crippen LogP contribution in [-0.4, -0.2) is 33.0 Å². The van der Waals surface area contributed by atoms with E-state index in [1.807, 2.05) is 6.07 Å². The van der Waals surface area contributed by atoms with Crippen LogP contribution in [0.2, 0.25) is 0 Å². The van der Waals surface area contributed by atoms with Crippen molar-refractivity contribution in [2.24, 2.45) is 5.14 Å². The average molecular weight is 392 g/mol. The summed E-state index contributed by atoms with van der Waals surface area (Å²) < 4.78 is 32.9. The molecule has 0 bridgehead atoms. The fraction of sp³-hybridized carbons (Fsp3) is 0.222. The molecule has 0 heterocycles. The summed E-state index contributed by atoms with van der Waals surface area (Å²) >= 11 is 0. The van der Waals surface area contributed by atoms with Gasteiger partial charge in [-0.25, -0.2) is 18.4 Å². The lowest BCUT2D eigenvalue weighted by Crippen LogP contribution is -2.31. The molecule has 3 N–H and O–H groups in total. The molecule has 0 spiro atoms. The number of carbonyl (C=O) groups excluding carboxylic acids is 2. The molecule has 2 aromatic carbocycles. The number of primary sulfonamides is 1. The molecule has 2 rings (SSSR count). The van der Waals surface area contributed by atoms with Gasteiger partial charge in [0.25, 0.3) is 5.91 Å². The summed E-state index contributed by atoms with van der Waals surface area (Å²) in [6.45, 7) is 1.27. The minimum atomic E-state index is -3.80. The standard InChI is InChI=1S/C18H20N2O6S/c1-2-16(26-14-6-4-3-5-7-14)18(22)25-12-17(21)20-13-8-10-15(11-9-13)27(19,23)24/h3-11,16H,2,12H2,1H3,(H,20,21)(H2,19,23,24)/t16-/m1/s1. The maximum absolute atomic E-state index is 12.1. The SMILES string of the molecule is CC[C@@H](Oc1ccccc1)C(=O)OCC(=O)Nc1ccc(S(N)(=O)=O)cc1. The number of rotatable bonds is 8. The number of hydrogen-bond acceptors (Lipinski definition) is 6. The number of anilines is 1. The Hall–Kier alpha value is -2.91. The van der Waals surface area contributed by atoms with Gasteiger partial charge in [-0.05, 0) is 42.8 Å². The third-order valence-electron chi connectivity index (χ3n) is 3.47. The Morgan fingerprint density at radius 2 is 1.70 bits per heavy atom. The van der Waals surface area contributed by atoms with E-state index >= 15 is 0 Å². The Labute approximate surface area is 157 Å². The number of carbonyl (C=O) groups is 2. The Morgan fingerprint density at radius 1 is 1.07 bits per heavy atom. The lowest BCUT2D eigenvalue weighted by Gasteiger charge is -2.16. The van der Waals surface area contributed by atoms with Crippen molar-refractivity contribution < 1.29 is 27.5 Å². The van der Waals surface area contributed by atoms with Crippen molar-refractivity contribution >= 4 is 27.6 Å². The number of nitrogens with two attached hydrogens (primary N) is 1. The molecule has 144 valence electrons. The molecular formula is C18H20N2O6S. The molecule has 0 aliphatic carbocycles. The Bertz CT molecular complexity index is 882. The smallest absolute Gasteiger partial charge is 0.347 e. The molecule has 0 aromatic heterocycles. The van der Waals surface area contributed by atoms with Crippen LogP contribution in [0.25, 0.3) is 0 Å². The predicted octanol–water partition coefficient (Wildman–Crippen LogP) is 1.67. The number of para-hydroxylation sites is 1. The number of nitrogens with one attached hydrogen (secondary N) is 1. The quantitative estimate of drug-likeness (QED) is 0.659. The van der Waals surface area contributed by atoms with Crippen LogP contribution in [0, 0.1) is 0 Å². The third kappa shape index (κ3) is 6.39. The van der Waals surface area contributed by atoms with Gasteiger partial charge in [0.15, 0.2) is 12.7 Å². The van der Waals surface area contributed by atoms with Crippen molar-refractivity contribution in [1.82, 2.24) is 0 Å². The van der Waals surface area contributed by atoms with Crippen molar-refractivity contribution in [3.8, 4) is 5.75 Å². The number of hydrogen-bond donors (Lipinski definition) is 2. The molecule has 0 aliphatic rings. The van der Waals surface area contributed by atoms with Gasteiger partial charge in [0.2, 0.25) is 10.0 Å². The van der Waals surface area contributed by atoms with Gasteiger partial charge >= 0.3 is 5.97 Å². The molecule has 8 nitrogen and oxygen atoms in total. The highest BCUT2D eigenvalue weighted by Crippen LogP contribution is 2.14. The normalized spacial score (nSPS) is 12.1. The fourth-order valence-electron chi connectivity index (χ4n) is 2.12. The molecule has 0 radical (unpaired) electrons. The summed E-state index contributed by atoms with van der Waals surface area (Å²) in [5.74, 6) is -0.692. The first-order chi connectivity index (χ1) is 12.8. The summed E-state index contributed by atoms with van der Waals surface area (Å²) in [6, 6.07) is 14.1. The number of esters is 1. The lowest BCUT2D eigenvalue weighted by atomic mass is 10.2. The molecule has 2 aromatic rings. The van der Waals surface area contributed by atoms with Crippen molar-refractivity contribution in [3.63, 3.8) is 0 Å². The van der Waals surface area contributed by atoms with Crippen LogP contribution in [-0.2, 0) is 24.3 Å². The first-order valence-electron chi connectivity index (χ1n) is 8.10. The summed E-state index contributed by atoms with van der Waals surface area (Å²) in [4.78, 5) is 23.9. The second-order valence-electron chi connectivity index (χ2n) is 5.55. The van der Waals surface area contributed by atoms with Gasteiger partial charge in [-0.15, -0.1) is 0 Å². The first-order valence-corrected chi connectivity index (χ1v) is 9.65. The molecule has 0 fully saturated rings. The van der Waals surface area contributed by atoms with E-state index in [0.717, 1.165) is 0 Å². The van der Waals surface area contributed by atoms with E-state index in [4.69, 9.17) is 14.6 Å². The van der Waals surface area contributed by atoms with Crippen LogP contribution >= 0.6 is 0 Å². The molecular weight excluding hydrogens is 372 g/mol. The van der Waals surface area contributed by atoms with Gasteiger partial charge in [-0.2, -0.15) is 0 Å². The molecule has 9 heteroatoms. The minimum absolute atomic E-state index is 0.0734. The number of benzene rings is 2. The monoisotopic (exact) mass is 392 g/mol. The van der Waals surface area contributed by atoms with Crippen molar-refractivity contribution in [1.29, 1.82) is 0 Å². The molecule has 0 unspecified atom stereocenters. The minimum Gasteiger partial charge on any atom is -0.479 e. The largest absolute Gasteiger partial charge is 0.479 e. The highest BCUT2D eigenvalue weighted by atomic mass is 32.2. The van der Waals surface area contributed by atoms with E-state index in [1.165, 1.54) is 24.3 Å². The highest BCUT2D eigenvalue weighted by Gasteiger charge is 2.21. The third-order valence-corrected chi connectivity index (χ3v) is 4.40. The fourth-order valence-corrected chi connectivity index (χ4v) is 2.63. The van der Waals surface area contributed by atoms with Gasteiger partial charge < -0.3 is 14.8 Å². The van der Waals surface area contributed by atoms with Crippen LogP contribution < -0.4 is 15.2 Å². The molecule has 1 atom stereocenters. The summed E-state index contributed by atoms with van der Waals surface area (Å²) in [5, 5.41) is 7.49. The van der Waals surface area contributed by atoms with E-state index in [2.05, 4.69) is 5.32 Å². The first kappa shape index (κ1) is 20.4. The van der Waals surface area contributed by atoms with Gasteiger partial charge in [-0.1, -0.05) is 25.1 Å². The van der Waals surface area contributed by atoms with Crippen LogP contribution in [0.3, 0.4) is 0 Å². The Morgan fingerprint density at radius 3 is 2.26 bits per heavy atom. The van der Waals surface area contributed by atoms with Crippen molar-refractivity contribution in [2.75, 3.05) is 11.9 Å². The maximum atomic E-state index is 12.1. The van der Waals surface area contributed by atoms with Crippen LogP contribution in [0.4, 0.5) is 5.69 Å². The second-order valence-corrected chi connectivity index (χ2v) is 7.11. The van der Waals surface area contributed by atoms with Gasteiger partial charge in [0, 0.05) is 5.69 Å². The number of ether oxygens (including phenoxy) is 2. The zero-order chi connectivity index (χ0) is 19.9. The number of sulfonamides is 1. The molecule has 0 saturated heterocycles. The lowest BCUT2D eigenvalue weighted by molar-refractivity contribution is -0.154. The summed E-state index contributed by atoms with van der Waals surface area (Å²) in [7, 11) is -3.80. The van der Waals surface area contributed by atoms with Gasteiger partial charge in [-0.3, -0.25) is 4.79 Å². The van der Waals surface area contributed by atoms with Crippen LogP contribution in [0.5, 0.6) is 5.75 Å². The van der Waals surface area contributed by atoms with Gasteiger partial charge in [0.1, 0.15) is 5.75 Å². The zero-order valence-corrected chi connectivity index (χ0v) is 15.4. The van der Waals surface area contributed by atoms with Crippen molar-refractivity contribution in [2.45, 2.75) is 24.3 Å². The maximum Gasteiger partial charge on any atom is 0.347 e. The van der Waals surface area contributed by atoms with E-state index in [9.17, 15) is 18.0 Å². The average Bonchev–Trinajstić information content (AvgIpc) is 2.64. The molecule has 1 amide bonds. The topological polar surface area (TPSA) is 125 Å². The van der Waals surface area contributed by atoms with E-state index < -0.39 is 34.6 Å². The van der Waals surface area contributed by atoms with E-state index in [1.54, 1.807) is 31.2 Å². The Balaban J connectivity index is 1.85. The zero-order valence-electron chi connectivity index (χ0n) is 14.6. The van der Waals surface area contributed by atoms with Gasteiger partial charge in [0.05, 0.1) is 4.90 Å². The van der Waals surface area contributed by atoms with Crippen LogP contribution in [0.1, 0.15) is 13.3 Å². The summed E-state index contributed by atoms with van der Waals surface area (Å²) in [5.41, 5.74) is 0.344. The van der Waals surface area contributed by atoms with Crippen molar-refractivity contribution in [3.05, 3.63) is 54.6 Å². The van der Waals surface area contributed by atoms with E-state index in [0.29, 0.717) is 17.9 Å². The highest BCUT2D eigenvalue weighted by molar-refractivity contribution is 7.89. The molecule has 0 aliphatic heterocycles.